The van der Waals surface area contributed by atoms with E-state index in [0.29, 0.717) is 0 Å². The van der Waals surface area contributed by atoms with Crippen LogP contribution in [0.5, 0.6) is 0 Å². The molecule has 0 unspecified atom stereocenters. The van der Waals surface area contributed by atoms with Gasteiger partial charge in [0.15, 0.2) is 0 Å². The monoisotopic (exact) mass is 303 g/mol. The van der Waals surface area contributed by atoms with Crippen LogP contribution in [0.3, 0.4) is 0 Å². The minimum Gasteiger partial charge on any atom is -0.359 e. The van der Waals surface area contributed by atoms with Crippen LogP contribution in [0.4, 0.5) is 5.69 Å². The third-order valence-electron chi connectivity index (χ3n) is 3.68. The fourth-order valence-electron chi connectivity index (χ4n) is 2.43. The van der Waals surface area contributed by atoms with E-state index in [9.17, 15) is 0 Å². The molecule has 1 N–H and O–H groups in total. The van der Waals surface area contributed by atoms with Crippen molar-refractivity contribution in [2.45, 2.75) is 40.0 Å². The van der Waals surface area contributed by atoms with Gasteiger partial charge in [-0.3, -0.25) is 0 Å². The minimum absolute atomic E-state index is 0.872. The summed E-state index contributed by atoms with van der Waals surface area (Å²) in [7, 11) is 0. The van der Waals surface area contributed by atoms with E-state index < -0.39 is 0 Å². The van der Waals surface area contributed by atoms with E-state index in [1.54, 1.807) is 0 Å². The molecule has 0 bridgehead atoms. The van der Waals surface area contributed by atoms with Gasteiger partial charge in [-0.15, -0.1) is 5.92 Å². The van der Waals surface area contributed by atoms with Gasteiger partial charge in [-0.25, -0.2) is 0 Å². The van der Waals surface area contributed by atoms with Crippen molar-refractivity contribution in [1.29, 1.82) is 0 Å². The summed E-state index contributed by atoms with van der Waals surface area (Å²) >= 11 is 0. The SMILES string of the molecule is CCC#CC/C(C)=C\C/C=C(\C)Nc1cccc2ccccc12. The summed E-state index contributed by atoms with van der Waals surface area (Å²) in [6.07, 6.45) is 7.21. The standard InChI is InChI=1S/C22H25N/c1-4-5-6-11-18(2)12-9-13-19(3)23-22-17-10-15-20-14-7-8-16-21(20)22/h7-8,10,12-17,23H,4,9,11H2,1-3H3/b18-12-,19-13+. The molecule has 0 aliphatic heterocycles. The van der Waals surface area contributed by atoms with Crippen LogP contribution in [-0.4, -0.2) is 0 Å². The van der Waals surface area contributed by atoms with Crippen LogP contribution in [-0.2, 0) is 0 Å². The molecular formula is C22H25N. The maximum absolute atomic E-state index is 3.51. The van der Waals surface area contributed by atoms with E-state index in [1.807, 2.05) is 0 Å². The predicted octanol–water partition coefficient (Wildman–Crippen LogP) is 6.30. The quantitative estimate of drug-likeness (QED) is 0.505. The molecule has 118 valence electrons. The van der Waals surface area contributed by atoms with E-state index in [4.69, 9.17) is 0 Å². The van der Waals surface area contributed by atoms with Gasteiger partial charge >= 0.3 is 0 Å². The number of anilines is 1. The number of benzene rings is 2. The molecule has 1 nitrogen and oxygen atoms in total. The van der Waals surface area contributed by atoms with E-state index in [-0.39, 0.29) is 0 Å². The molecule has 0 spiro atoms. The molecule has 0 fully saturated rings. The van der Waals surface area contributed by atoms with Gasteiger partial charge in [0.2, 0.25) is 0 Å². The third-order valence-corrected chi connectivity index (χ3v) is 3.68. The highest BCUT2D eigenvalue weighted by molar-refractivity contribution is 5.94. The first kappa shape index (κ1) is 16.9. The lowest BCUT2D eigenvalue weighted by atomic mass is 10.1. The average molecular weight is 303 g/mol. The largest absolute Gasteiger partial charge is 0.359 e. The van der Waals surface area contributed by atoms with Crippen molar-refractivity contribution < 1.29 is 0 Å². The normalized spacial score (nSPS) is 12.0. The van der Waals surface area contributed by atoms with Gasteiger partial charge in [-0.2, -0.15) is 0 Å². The fraction of sp³-hybridized carbons (Fsp3) is 0.273. The van der Waals surface area contributed by atoms with Crippen molar-refractivity contribution in [2.24, 2.45) is 0 Å². The highest BCUT2D eigenvalue weighted by Crippen LogP contribution is 2.24. The molecule has 0 saturated heterocycles. The zero-order chi connectivity index (χ0) is 16.5. The molecule has 0 aliphatic carbocycles. The number of hydrogen-bond acceptors (Lipinski definition) is 1. The summed E-state index contributed by atoms with van der Waals surface area (Å²) < 4.78 is 0. The molecule has 0 radical (unpaired) electrons. The fourth-order valence-corrected chi connectivity index (χ4v) is 2.43. The number of allylic oxidation sites excluding steroid dienone is 4. The molecule has 2 rings (SSSR count). The van der Waals surface area contributed by atoms with Crippen molar-refractivity contribution in [3.63, 3.8) is 0 Å². The van der Waals surface area contributed by atoms with E-state index >= 15 is 0 Å². The molecule has 0 atom stereocenters. The van der Waals surface area contributed by atoms with Crippen LogP contribution in [0.25, 0.3) is 10.8 Å². The van der Waals surface area contributed by atoms with E-state index in [2.05, 4.69) is 92.5 Å². The highest BCUT2D eigenvalue weighted by atomic mass is 14.9. The van der Waals surface area contributed by atoms with Gasteiger partial charge < -0.3 is 5.32 Å². The zero-order valence-corrected chi connectivity index (χ0v) is 14.3. The maximum Gasteiger partial charge on any atom is 0.0461 e. The Morgan fingerprint density at radius 3 is 2.61 bits per heavy atom. The van der Waals surface area contributed by atoms with Crippen molar-refractivity contribution >= 4 is 16.5 Å². The van der Waals surface area contributed by atoms with Gasteiger partial charge in [0.05, 0.1) is 0 Å². The van der Waals surface area contributed by atoms with Crippen LogP contribution >= 0.6 is 0 Å². The van der Waals surface area contributed by atoms with Crippen LogP contribution in [0.15, 0.2) is 65.9 Å². The van der Waals surface area contributed by atoms with Gasteiger partial charge in [-0.05, 0) is 31.7 Å². The second kappa shape index (κ2) is 8.86. The molecular weight excluding hydrogens is 278 g/mol. The minimum atomic E-state index is 0.872. The average Bonchev–Trinajstić information content (AvgIpc) is 2.55. The summed E-state index contributed by atoms with van der Waals surface area (Å²) in [5, 5.41) is 6.03. The molecule has 1 heteroatoms. The Hall–Kier alpha value is -2.46. The van der Waals surface area contributed by atoms with Crippen molar-refractivity contribution in [3.05, 3.63) is 65.9 Å². The molecule has 0 aromatic heterocycles. The predicted molar refractivity (Wildman–Crippen MR) is 102 cm³/mol. The van der Waals surface area contributed by atoms with Crippen LogP contribution in [0.1, 0.15) is 40.0 Å². The summed E-state index contributed by atoms with van der Waals surface area (Å²) in [5.74, 6) is 6.29. The van der Waals surface area contributed by atoms with E-state index in [1.165, 1.54) is 22.0 Å². The number of nitrogens with one attached hydrogen (secondary N) is 1. The summed E-state index contributed by atoms with van der Waals surface area (Å²) in [6, 6.07) is 14.8. The first-order chi connectivity index (χ1) is 11.2. The molecule has 23 heavy (non-hydrogen) atoms. The Morgan fingerprint density at radius 1 is 1.00 bits per heavy atom. The number of rotatable bonds is 5. The van der Waals surface area contributed by atoms with Crippen LogP contribution in [0, 0.1) is 11.8 Å². The zero-order valence-electron chi connectivity index (χ0n) is 14.3. The molecule has 0 amide bonds. The van der Waals surface area contributed by atoms with Crippen molar-refractivity contribution in [1.82, 2.24) is 0 Å². The molecule has 0 saturated carbocycles. The number of hydrogen-bond donors (Lipinski definition) is 1. The van der Waals surface area contributed by atoms with Crippen LogP contribution in [0.2, 0.25) is 0 Å². The van der Waals surface area contributed by atoms with E-state index in [0.717, 1.165) is 24.9 Å². The Labute approximate surface area is 140 Å². The lowest BCUT2D eigenvalue weighted by Crippen LogP contribution is -1.96. The van der Waals surface area contributed by atoms with Crippen molar-refractivity contribution in [2.75, 3.05) is 5.32 Å². The van der Waals surface area contributed by atoms with Crippen LogP contribution < -0.4 is 5.32 Å². The Balaban J connectivity index is 2.00. The topological polar surface area (TPSA) is 12.0 Å². The van der Waals surface area contributed by atoms with Gasteiger partial charge in [0.1, 0.15) is 0 Å². The number of fused-ring (bicyclic) bond motifs is 1. The second-order valence-electron chi connectivity index (χ2n) is 5.71. The van der Waals surface area contributed by atoms with Gasteiger partial charge in [-0.1, -0.05) is 67.0 Å². The molecule has 0 aliphatic rings. The second-order valence-corrected chi connectivity index (χ2v) is 5.71. The first-order valence-corrected chi connectivity index (χ1v) is 8.23. The lowest BCUT2D eigenvalue weighted by Gasteiger charge is -2.10. The molecule has 0 heterocycles. The third kappa shape index (κ3) is 5.34. The maximum atomic E-state index is 3.51. The lowest BCUT2D eigenvalue weighted by molar-refractivity contribution is 1.17. The summed E-state index contributed by atoms with van der Waals surface area (Å²) in [6.45, 7) is 6.34. The Bertz CT molecular complexity index is 764. The first-order valence-electron chi connectivity index (χ1n) is 8.23. The smallest absolute Gasteiger partial charge is 0.0461 e. The Morgan fingerprint density at radius 2 is 1.78 bits per heavy atom. The molecule has 2 aromatic carbocycles. The molecule has 2 aromatic rings. The summed E-state index contributed by atoms with van der Waals surface area (Å²) in [4.78, 5) is 0. The van der Waals surface area contributed by atoms with Gasteiger partial charge in [0.25, 0.3) is 0 Å². The Kier molecular flexibility index (Phi) is 6.51. The summed E-state index contributed by atoms with van der Waals surface area (Å²) in [5.41, 5.74) is 3.66. The van der Waals surface area contributed by atoms with Gasteiger partial charge in [0, 0.05) is 29.6 Å². The van der Waals surface area contributed by atoms with Crippen molar-refractivity contribution in [3.8, 4) is 11.8 Å². The highest BCUT2D eigenvalue weighted by Gasteiger charge is 1.99.